The number of unbranched alkanes of at least 4 members (excludes halogenated alkanes) is 1. The number of esters is 1. The minimum absolute atomic E-state index is 0.0892. The molecule has 7 nitrogen and oxygen atoms in total. The van der Waals surface area contributed by atoms with Crippen LogP contribution < -0.4 is 0 Å². The van der Waals surface area contributed by atoms with E-state index < -0.39 is 36.0 Å². The van der Waals surface area contributed by atoms with Crippen LogP contribution >= 0.6 is 0 Å². The molecule has 1 aliphatic rings. The maximum atomic E-state index is 12.3. The summed E-state index contributed by atoms with van der Waals surface area (Å²) in [6.07, 6.45) is 2.29. The third-order valence-corrected chi connectivity index (χ3v) is 4.15. The topological polar surface area (TPSA) is 118 Å². The van der Waals surface area contributed by atoms with Gasteiger partial charge < -0.3 is 14.9 Å². The normalized spacial score (nSPS) is 15.6. The van der Waals surface area contributed by atoms with E-state index in [1.54, 1.807) is 6.07 Å². The lowest BCUT2D eigenvalue weighted by atomic mass is 9.81. The van der Waals surface area contributed by atoms with Gasteiger partial charge in [0.1, 0.15) is 6.42 Å². The lowest BCUT2D eigenvalue weighted by molar-refractivity contribution is -0.147. The van der Waals surface area contributed by atoms with E-state index >= 15 is 0 Å². The molecule has 0 amide bonds. The molecule has 0 aliphatic heterocycles. The highest BCUT2D eigenvalue weighted by Crippen LogP contribution is 2.33. The van der Waals surface area contributed by atoms with Crippen LogP contribution in [0.25, 0.3) is 5.57 Å². The van der Waals surface area contributed by atoms with Crippen molar-refractivity contribution in [1.29, 1.82) is 0 Å². The number of ketones is 1. The Kier molecular flexibility index (Phi) is 6.27. The predicted octanol–water partition coefficient (Wildman–Crippen LogP) is 2.33. The Labute approximate surface area is 150 Å². The summed E-state index contributed by atoms with van der Waals surface area (Å²) in [7, 11) is 0. The first-order valence-corrected chi connectivity index (χ1v) is 8.34. The smallest absolute Gasteiger partial charge is 0.336 e. The summed E-state index contributed by atoms with van der Waals surface area (Å²) >= 11 is 0. The number of ether oxygens (including phenoxy) is 1. The van der Waals surface area contributed by atoms with Gasteiger partial charge in [-0.05, 0) is 24.0 Å². The molecule has 0 aromatic heterocycles. The fraction of sp³-hybridized carbons (Fsp3) is 0.368. The van der Waals surface area contributed by atoms with Gasteiger partial charge in [0, 0.05) is 5.56 Å². The van der Waals surface area contributed by atoms with Crippen molar-refractivity contribution in [2.75, 3.05) is 6.61 Å². The van der Waals surface area contributed by atoms with Gasteiger partial charge in [0.05, 0.1) is 18.1 Å². The van der Waals surface area contributed by atoms with Crippen molar-refractivity contribution in [3.8, 4) is 0 Å². The van der Waals surface area contributed by atoms with Crippen LogP contribution in [0.5, 0.6) is 0 Å². The Morgan fingerprint density at radius 1 is 1.19 bits per heavy atom. The van der Waals surface area contributed by atoms with E-state index in [4.69, 9.17) is 9.84 Å². The third kappa shape index (κ3) is 4.36. The standard InChI is InChI=1S/C19H20O7/c1-2-3-7-26-19(25)11-8-14-12(15(9-11)18(23)24)5-4-6-13(14)16(20)10-17(21)22/h4-6,9,11H,2-3,7-8,10H2,1H3,(H,21,22)(H,23,24)/t11-/m1/s1. The largest absolute Gasteiger partial charge is 0.481 e. The fourth-order valence-corrected chi connectivity index (χ4v) is 2.88. The van der Waals surface area contributed by atoms with Gasteiger partial charge in [0.15, 0.2) is 5.78 Å². The summed E-state index contributed by atoms with van der Waals surface area (Å²) < 4.78 is 5.17. The molecule has 0 fully saturated rings. The highest BCUT2D eigenvalue weighted by atomic mass is 16.5. The minimum atomic E-state index is -1.27. The molecule has 0 spiro atoms. The van der Waals surface area contributed by atoms with Gasteiger partial charge in [-0.15, -0.1) is 0 Å². The Hall–Kier alpha value is -2.96. The van der Waals surface area contributed by atoms with E-state index in [0.717, 1.165) is 6.42 Å². The van der Waals surface area contributed by atoms with Crippen LogP contribution in [-0.4, -0.2) is 40.5 Å². The molecule has 1 aromatic carbocycles. The monoisotopic (exact) mass is 360 g/mol. The maximum absolute atomic E-state index is 12.3. The Bertz CT molecular complexity index is 776. The number of carboxylic acids is 2. The molecular weight excluding hydrogens is 340 g/mol. The van der Waals surface area contributed by atoms with Gasteiger partial charge in [0.2, 0.25) is 0 Å². The second-order valence-corrected chi connectivity index (χ2v) is 6.04. The quantitative estimate of drug-likeness (QED) is 0.316. The Balaban J connectivity index is 2.40. The van der Waals surface area contributed by atoms with Crippen LogP contribution in [0.1, 0.15) is 47.7 Å². The number of hydrogen-bond donors (Lipinski definition) is 2. The first-order chi connectivity index (χ1) is 12.3. The van der Waals surface area contributed by atoms with Crippen LogP contribution in [-0.2, 0) is 25.5 Å². The summed E-state index contributed by atoms with van der Waals surface area (Å²) in [4.78, 5) is 46.9. The first-order valence-electron chi connectivity index (χ1n) is 8.34. The van der Waals surface area contributed by atoms with Crippen molar-refractivity contribution in [1.82, 2.24) is 0 Å². The van der Waals surface area contributed by atoms with Gasteiger partial charge in [0.25, 0.3) is 0 Å². The molecule has 0 unspecified atom stereocenters. The highest BCUT2D eigenvalue weighted by molar-refractivity contribution is 6.18. The van der Waals surface area contributed by atoms with E-state index in [9.17, 15) is 24.3 Å². The number of carbonyl (C=O) groups excluding carboxylic acids is 2. The molecule has 2 rings (SSSR count). The highest BCUT2D eigenvalue weighted by Gasteiger charge is 2.31. The average molecular weight is 360 g/mol. The summed E-state index contributed by atoms with van der Waals surface area (Å²) in [5, 5.41) is 18.3. The number of hydrogen-bond acceptors (Lipinski definition) is 5. The van der Waals surface area contributed by atoms with Gasteiger partial charge in [-0.1, -0.05) is 37.6 Å². The second-order valence-electron chi connectivity index (χ2n) is 6.04. The number of carbonyl (C=O) groups is 4. The van der Waals surface area contributed by atoms with Crippen molar-refractivity contribution in [2.24, 2.45) is 5.92 Å². The van der Waals surface area contributed by atoms with Gasteiger partial charge >= 0.3 is 17.9 Å². The van der Waals surface area contributed by atoms with Crippen molar-refractivity contribution in [2.45, 2.75) is 32.6 Å². The Morgan fingerprint density at radius 2 is 1.92 bits per heavy atom. The van der Waals surface area contributed by atoms with Gasteiger partial charge in [-0.2, -0.15) is 0 Å². The van der Waals surface area contributed by atoms with Crippen LogP contribution in [0.15, 0.2) is 24.3 Å². The molecule has 2 N–H and O–H groups in total. The SMILES string of the molecule is CCCCOC(=O)[C@H]1C=C(C(=O)O)c2cccc(C(=O)CC(=O)O)c2C1. The molecular formula is C19H20O7. The van der Waals surface area contributed by atoms with E-state index in [2.05, 4.69) is 0 Å². The minimum Gasteiger partial charge on any atom is -0.481 e. The number of benzene rings is 1. The van der Waals surface area contributed by atoms with Crippen LogP contribution in [0.3, 0.4) is 0 Å². The molecule has 0 radical (unpaired) electrons. The zero-order valence-electron chi connectivity index (χ0n) is 14.4. The zero-order valence-corrected chi connectivity index (χ0v) is 14.4. The molecule has 138 valence electrons. The number of carboxylic acid groups (broad SMARTS) is 2. The van der Waals surface area contributed by atoms with E-state index in [1.807, 2.05) is 6.92 Å². The van der Waals surface area contributed by atoms with E-state index in [-0.39, 0.29) is 24.2 Å². The van der Waals surface area contributed by atoms with Crippen LogP contribution in [0.2, 0.25) is 0 Å². The third-order valence-electron chi connectivity index (χ3n) is 4.15. The molecule has 26 heavy (non-hydrogen) atoms. The lowest BCUT2D eigenvalue weighted by Crippen LogP contribution is -2.25. The number of fused-ring (bicyclic) bond motifs is 1. The average Bonchev–Trinajstić information content (AvgIpc) is 2.59. The Morgan fingerprint density at radius 3 is 2.54 bits per heavy atom. The lowest BCUT2D eigenvalue weighted by Gasteiger charge is -2.23. The molecule has 0 heterocycles. The summed E-state index contributed by atoms with van der Waals surface area (Å²) in [5.41, 5.74) is 0.735. The molecule has 1 atom stereocenters. The number of Topliss-reactive ketones (excluding diaryl/α,β-unsaturated/α-hetero) is 1. The molecule has 0 saturated carbocycles. The van der Waals surface area contributed by atoms with Crippen molar-refractivity contribution >= 4 is 29.3 Å². The van der Waals surface area contributed by atoms with Crippen molar-refractivity contribution in [3.63, 3.8) is 0 Å². The predicted molar refractivity (Wildman–Crippen MR) is 91.7 cm³/mol. The van der Waals surface area contributed by atoms with Crippen molar-refractivity contribution < 1.29 is 34.1 Å². The second kappa shape index (κ2) is 8.42. The fourth-order valence-electron chi connectivity index (χ4n) is 2.88. The maximum Gasteiger partial charge on any atom is 0.336 e. The van der Waals surface area contributed by atoms with Gasteiger partial charge in [-0.3, -0.25) is 14.4 Å². The first kappa shape index (κ1) is 19.4. The van der Waals surface area contributed by atoms with E-state index in [0.29, 0.717) is 17.5 Å². The summed E-state index contributed by atoms with van der Waals surface area (Å²) in [5.74, 6) is -4.50. The molecule has 0 saturated heterocycles. The number of aliphatic carboxylic acids is 2. The summed E-state index contributed by atoms with van der Waals surface area (Å²) in [6.45, 7) is 2.20. The number of rotatable bonds is 8. The van der Waals surface area contributed by atoms with Crippen molar-refractivity contribution in [3.05, 3.63) is 41.0 Å². The van der Waals surface area contributed by atoms with Gasteiger partial charge in [-0.25, -0.2) is 4.79 Å². The molecule has 1 aliphatic carbocycles. The van der Waals surface area contributed by atoms with E-state index in [1.165, 1.54) is 18.2 Å². The molecule has 1 aromatic rings. The van der Waals surface area contributed by atoms with Crippen LogP contribution in [0, 0.1) is 5.92 Å². The zero-order chi connectivity index (χ0) is 19.3. The van der Waals surface area contributed by atoms with Crippen LogP contribution in [0.4, 0.5) is 0 Å². The molecule has 0 bridgehead atoms. The molecule has 7 heteroatoms. The summed E-state index contributed by atoms with van der Waals surface area (Å²) in [6, 6.07) is 4.50.